The van der Waals surface area contributed by atoms with Crippen LogP contribution in [0.5, 0.6) is 0 Å². The van der Waals surface area contributed by atoms with Gasteiger partial charge >= 0.3 is 0 Å². The molecule has 2 heteroatoms. The van der Waals surface area contributed by atoms with Gasteiger partial charge in [0.05, 0.1) is 20.6 Å². The van der Waals surface area contributed by atoms with Gasteiger partial charge < -0.3 is 0 Å². The molecule has 0 aliphatic carbocycles. The van der Waals surface area contributed by atoms with Crippen LogP contribution in [0.1, 0.15) is 19.5 Å². The summed E-state index contributed by atoms with van der Waals surface area (Å²) in [7, 11) is 0. The maximum absolute atomic E-state index is 9.30. The van der Waals surface area contributed by atoms with Gasteiger partial charge in [0.15, 0.2) is 0 Å². The van der Waals surface area contributed by atoms with Gasteiger partial charge in [-0.25, -0.2) is 4.98 Å². The lowest BCUT2D eigenvalue weighted by Crippen LogP contribution is -1.97. The monoisotopic (exact) mass is 520 g/mol. The molecule has 0 fully saturated rings. The Morgan fingerprint density at radius 2 is 1.20 bits per heavy atom. The molecule has 8 aromatic rings. The molecule has 0 bridgehead atoms. The van der Waals surface area contributed by atoms with E-state index in [0.717, 1.165) is 21.9 Å². The molecule has 1 heterocycles. The number of hydrogen-bond donors (Lipinski definition) is 0. The summed E-state index contributed by atoms with van der Waals surface area (Å²) in [5, 5.41) is 2.79. The molecular weight excluding hydrogens is 484 g/mol. The van der Waals surface area contributed by atoms with E-state index in [-0.39, 0.29) is 40.3 Å². The highest BCUT2D eigenvalue weighted by Gasteiger charge is 2.17. The van der Waals surface area contributed by atoms with Crippen molar-refractivity contribution >= 4 is 43.4 Å². The number of aryl methyl sites for hydroxylation is 1. The van der Waals surface area contributed by atoms with Gasteiger partial charge in [-0.2, -0.15) is 0 Å². The number of imidazole rings is 1. The first kappa shape index (κ1) is 14.8. The Kier molecular flexibility index (Phi) is 3.31. The van der Waals surface area contributed by atoms with Crippen molar-refractivity contribution in [3.63, 3.8) is 0 Å². The lowest BCUT2D eigenvalue weighted by atomic mass is 9.85. The summed E-state index contributed by atoms with van der Waals surface area (Å²) in [6.45, 7) is -2.44. The molecule has 8 rings (SSSR count). The molecule has 0 saturated heterocycles. The van der Waals surface area contributed by atoms with Crippen LogP contribution in [0, 0.1) is 6.85 Å². The molecule has 0 unspecified atom stereocenters. The van der Waals surface area contributed by atoms with E-state index >= 15 is 0 Å². The minimum atomic E-state index is -2.44. The Morgan fingerprint density at radius 3 is 1.88 bits per heavy atom. The fraction of sp³-hybridized carbons (Fsp3) is 0.0263. The minimum Gasteiger partial charge on any atom is -0.297 e. The molecule has 0 amide bonds. The van der Waals surface area contributed by atoms with E-state index in [2.05, 4.69) is 4.98 Å². The van der Waals surface area contributed by atoms with Crippen LogP contribution in [-0.4, -0.2) is 9.55 Å². The van der Waals surface area contributed by atoms with Crippen molar-refractivity contribution in [2.24, 2.45) is 0 Å². The van der Waals surface area contributed by atoms with Crippen molar-refractivity contribution in [2.75, 3.05) is 0 Å². The number of rotatable bonds is 3. The van der Waals surface area contributed by atoms with Crippen LogP contribution in [0.15, 0.2) is 139 Å². The predicted octanol–water partition coefficient (Wildman–Crippen LogP) is 10.1. The highest BCUT2D eigenvalue weighted by atomic mass is 15.1. The molecule has 40 heavy (non-hydrogen) atoms. The maximum Gasteiger partial charge on any atom is 0.111 e. The van der Waals surface area contributed by atoms with E-state index in [1.807, 2.05) is 91.0 Å². The lowest BCUT2D eigenvalue weighted by Gasteiger charge is -2.18. The Labute approximate surface area is 246 Å². The minimum absolute atomic E-state index is 0.0295. The summed E-state index contributed by atoms with van der Waals surface area (Å²) in [4.78, 5) is 4.43. The second-order valence-electron chi connectivity index (χ2n) is 9.65. The predicted molar refractivity (Wildman–Crippen MR) is 169 cm³/mol. The van der Waals surface area contributed by atoms with Crippen molar-refractivity contribution in [3.05, 3.63) is 145 Å². The lowest BCUT2D eigenvalue weighted by molar-refractivity contribution is 1.00. The molecule has 7 aromatic carbocycles. The second kappa shape index (κ2) is 8.93. The fourth-order valence-corrected chi connectivity index (χ4v) is 5.68. The van der Waals surface area contributed by atoms with E-state index < -0.39 is 31.0 Å². The summed E-state index contributed by atoms with van der Waals surface area (Å²) >= 11 is 0. The largest absolute Gasteiger partial charge is 0.297 e. The van der Waals surface area contributed by atoms with Gasteiger partial charge in [-0.05, 0) is 91.7 Å². The van der Waals surface area contributed by atoms with Gasteiger partial charge in [0.25, 0.3) is 0 Å². The third kappa shape index (κ3) is 3.47. The Balaban J connectivity index is 1.41. The normalized spacial score (nSPS) is 15.5. The zero-order valence-corrected chi connectivity index (χ0v) is 21.1. The van der Waals surface area contributed by atoms with Gasteiger partial charge in [0.2, 0.25) is 0 Å². The molecule has 1 aromatic heterocycles. The van der Waals surface area contributed by atoms with Gasteiger partial charge in [0, 0.05) is 9.80 Å². The van der Waals surface area contributed by atoms with Crippen molar-refractivity contribution in [2.45, 2.75) is 6.85 Å². The summed E-state index contributed by atoms with van der Waals surface area (Å²) in [5.74, 6) is -0.0295. The average Bonchev–Trinajstić information content (AvgIpc) is 3.52. The summed E-state index contributed by atoms with van der Waals surface area (Å²) < 4.78 is 86.9. The van der Waals surface area contributed by atoms with Gasteiger partial charge in [-0.1, -0.05) is 109 Å². The molecule has 0 aliphatic rings. The molecule has 188 valence electrons. The van der Waals surface area contributed by atoms with Crippen LogP contribution in [-0.2, 0) is 0 Å². The highest BCUT2D eigenvalue weighted by Crippen LogP contribution is 2.44. The van der Waals surface area contributed by atoms with Crippen molar-refractivity contribution < 1.29 is 13.7 Å². The Bertz CT molecular complexity index is 2660. The third-order valence-electron chi connectivity index (χ3n) is 7.41. The Morgan fingerprint density at radius 1 is 0.600 bits per heavy atom. The quantitative estimate of drug-likeness (QED) is 0.212. The second-order valence-corrected chi connectivity index (χ2v) is 9.65. The molecule has 0 saturated carbocycles. The van der Waals surface area contributed by atoms with E-state index in [4.69, 9.17) is 12.3 Å². The number of hydrogen-bond acceptors (Lipinski definition) is 1. The third-order valence-corrected chi connectivity index (χ3v) is 7.41. The van der Waals surface area contributed by atoms with Crippen LogP contribution in [0.4, 0.5) is 0 Å². The van der Waals surface area contributed by atoms with Crippen molar-refractivity contribution in [1.29, 1.82) is 0 Å². The zero-order valence-electron chi connectivity index (χ0n) is 31.1. The SMILES string of the molecule is [2H]c1c([2H])c([2H])c2c([2H])c(-c3c4ccccc4c(-c4ccc(-n5c(C([2H])([2H])[2H])nc6ccccc65)cc4)c4ccccc34)c([2H])c([2H])c2c1[2H]. The van der Waals surface area contributed by atoms with Gasteiger partial charge in [-0.15, -0.1) is 0 Å². The van der Waals surface area contributed by atoms with Gasteiger partial charge in [-0.3, -0.25) is 4.57 Å². The summed E-state index contributed by atoms with van der Waals surface area (Å²) in [6, 6.07) is 27.3. The molecule has 0 aliphatic heterocycles. The van der Waals surface area contributed by atoms with Crippen molar-refractivity contribution in [1.82, 2.24) is 9.55 Å². The average molecular weight is 521 g/mol. The zero-order chi connectivity index (χ0) is 35.2. The van der Waals surface area contributed by atoms with Crippen LogP contribution < -0.4 is 0 Å². The number of nitrogens with zero attached hydrogens (tertiary/aromatic N) is 2. The van der Waals surface area contributed by atoms with Crippen LogP contribution in [0.25, 0.3) is 71.3 Å². The summed E-state index contributed by atoms with van der Waals surface area (Å²) in [6.07, 6.45) is 0. The molecule has 2 nitrogen and oxygen atoms in total. The smallest absolute Gasteiger partial charge is 0.111 e. The van der Waals surface area contributed by atoms with E-state index in [0.29, 0.717) is 33.1 Å². The molecule has 0 radical (unpaired) electrons. The van der Waals surface area contributed by atoms with E-state index in [1.54, 1.807) is 10.6 Å². The fourth-order valence-electron chi connectivity index (χ4n) is 5.68. The standard InChI is InChI=1S/C38H26N2/c1-25-39-35-16-8-9-17-36(35)40(25)30-22-20-27(21-23-30)37-31-12-4-6-14-33(31)38(34-15-7-5-13-32(34)37)29-19-18-26-10-2-3-11-28(26)24-29/h2-24H,1H3/i1D3,2D,3D,10D,11D,18D,19D,24D. The summed E-state index contributed by atoms with van der Waals surface area (Å²) in [5.41, 5.74) is 4.27. The number of para-hydroxylation sites is 2. The highest BCUT2D eigenvalue weighted by molar-refractivity contribution is 6.21. The van der Waals surface area contributed by atoms with Crippen molar-refractivity contribution in [3.8, 4) is 27.9 Å². The Hall–Kier alpha value is -5.21. The molecule has 0 spiro atoms. The van der Waals surface area contributed by atoms with E-state index in [1.165, 1.54) is 0 Å². The first-order chi connectivity index (χ1) is 23.9. The van der Waals surface area contributed by atoms with Crippen LogP contribution >= 0.6 is 0 Å². The maximum atomic E-state index is 9.30. The first-order valence-electron chi connectivity index (χ1n) is 17.9. The van der Waals surface area contributed by atoms with E-state index in [9.17, 15) is 1.37 Å². The number of aromatic nitrogens is 2. The number of benzene rings is 7. The van der Waals surface area contributed by atoms with Crippen LogP contribution in [0.3, 0.4) is 0 Å². The topological polar surface area (TPSA) is 17.8 Å². The molecular formula is C38H26N2. The molecule has 0 atom stereocenters. The van der Waals surface area contributed by atoms with Gasteiger partial charge in [0.1, 0.15) is 5.82 Å². The first-order valence-corrected chi connectivity index (χ1v) is 12.9. The molecule has 0 N–H and O–H groups in total. The van der Waals surface area contributed by atoms with Crippen LogP contribution in [0.2, 0.25) is 0 Å². The number of fused-ring (bicyclic) bond motifs is 4.